The maximum absolute atomic E-state index is 12.7. The van der Waals surface area contributed by atoms with Crippen molar-refractivity contribution in [1.82, 2.24) is 0 Å². The number of nitrogens with two attached hydrogens (primary N) is 1. The molecule has 9 nitrogen and oxygen atoms in total. The molecular weight excluding hydrogens is 954 g/mol. The highest BCUT2D eigenvalue weighted by Gasteiger charge is 2.26. The van der Waals surface area contributed by atoms with E-state index in [0.717, 1.165) is 77.0 Å². The van der Waals surface area contributed by atoms with Crippen molar-refractivity contribution in [1.29, 1.82) is 0 Å². The minimum absolute atomic E-state index is 0.0506. The molecule has 0 aromatic carbocycles. The van der Waals surface area contributed by atoms with Crippen LogP contribution >= 0.6 is 7.82 Å². The summed E-state index contributed by atoms with van der Waals surface area (Å²) in [7, 11) is -4.39. The second-order valence-electron chi connectivity index (χ2n) is 20.9. The third kappa shape index (κ3) is 60.5. The number of hydrogen-bond acceptors (Lipinski definition) is 8. The van der Waals surface area contributed by atoms with Gasteiger partial charge in [-0.25, -0.2) is 4.57 Å². The molecule has 3 N–H and O–H groups in total. The summed E-state index contributed by atoms with van der Waals surface area (Å²) in [4.78, 5) is 35.3. The average molecular weight is 1070 g/mol. The summed E-state index contributed by atoms with van der Waals surface area (Å²) in [6, 6.07) is 0. The van der Waals surface area contributed by atoms with Crippen LogP contribution < -0.4 is 5.73 Å². The molecule has 10 heteroatoms. The Morgan fingerprint density at radius 1 is 0.413 bits per heavy atom. The zero-order chi connectivity index (χ0) is 54.5. The standard InChI is InChI=1S/C65H118NO8P/c1-3-5-7-9-11-13-15-17-19-21-23-25-27-29-30-31-32-34-35-37-39-41-43-45-47-49-51-53-55-57-64(67)71-61-63(62-73-75(69,70)72-60-59-66)74-65(68)58-56-54-52-50-48-46-44-42-40-38-36-33-28-26-24-22-20-18-16-14-12-10-8-6-4-2/h6,8,12,14,18,20-21,23-24,26,33,36,63H,3-5,7,9-11,13,15-17,19,22,25,27-32,34-35,37-62,66H2,1-2H3,(H,69,70)/b8-6-,14-12-,20-18-,23-21-,26-24-,36-33-. The first-order valence-corrected chi connectivity index (χ1v) is 32.9. The molecule has 436 valence electrons. The van der Waals surface area contributed by atoms with Crippen LogP contribution in [0.2, 0.25) is 0 Å². The van der Waals surface area contributed by atoms with Gasteiger partial charge in [-0.3, -0.25) is 18.6 Å². The third-order valence-corrected chi connectivity index (χ3v) is 14.6. The van der Waals surface area contributed by atoms with Crippen molar-refractivity contribution >= 4 is 19.8 Å². The summed E-state index contributed by atoms with van der Waals surface area (Å²) in [5.41, 5.74) is 5.39. The van der Waals surface area contributed by atoms with Crippen molar-refractivity contribution in [2.75, 3.05) is 26.4 Å². The number of phosphoric acid groups is 1. The molecule has 0 rings (SSSR count). The lowest BCUT2D eigenvalue weighted by atomic mass is 10.0. The third-order valence-electron chi connectivity index (χ3n) is 13.6. The Morgan fingerprint density at radius 3 is 1.11 bits per heavy atom. The number of carbonyl (C=O) groups excluding carboxylic acids is 2. The first-order valence-electron chi connectivity index (χ1n) is 31.4. The molecule has 0 aromatic heterocycles. The van der Waals surface area contributed by atoms with Crippen LogP contribution in [0.3, 0.4) is 0 Å². The summed E-state index contributed by atoms with van der Waals surface area (Å²) in [5, 5.41) is 0. The van der Waals surface area contributed by atoms with Crippen LogP contribution in [0.15, 0.2) is 72.9 Å². The van der Waals surface area contributed by atoms with E-state index in [1.54, 1.807) is 0 Å². The molecule has 0 radical (unpaired) electrons. The van der Waals surface area contributed by atoms with E-state index >= 15 is 0 Å². The highest BCUT2D eigenvalue weighted by molar-refractivity contribution is 7.47. The van der Waals surface area contributed by atoms with Crippen LogP contribution in [0.4, 0.5) is 0 Å². The summed E-state index contributed by atoms with van der Waals surface area (Å²) < 4.78 is 33.1. The summed E-state index contributed by atoms with van der Waals surface area (Å²) >= 11 is 0. The molecule has 0 aliphatic carbocycles. The van der Waals surface area contributed by atoms with E-state index in [1.807, 2.05) is 0 Å². The van der Waals surface area contributed by atoms with Gasteiger partial charge in [0, 0.05) is 19.4 Å². The molecule has 0 fully saturated rings. The number of unbranched alkanes of at least 4 members (excludes halogenated alkanes) is 34. The van der Waals surface area contributed by atoms with Gasteiger partial charge in [0.15, 0.2) is 6.10 Å². The fraction of sp³-hybridized carbons (Fsp3) is 0.785. The largest absolute Gasteiger partial charge is 0.472 e. The molecule has 0 aliphatic heterocycles. The Balaban J connectivity index is 3.92. The Hall–Kier alpha value is -2.55. The van der Waals surface area contributed by atoms with Crippen LogP contribution in [-0.4, -0.2) is 49.3 Å². The first kappa shape index (κ1) is 72.5. The van der Waals surface area contributed by atoms with Crippen LogP contribution in [0.1, 0.15) is 296 Å². The number of ether oxygens (including phenoxy) is 2. The maximum Gasteiger partial charge on any atom is 0.472 e. The van der Waals surface area contributed by atoms with Gasteiger partial charge >= 0.3 is 19.8 Å². The maximum atomic E-state index is 12.7. The number of rotatable bonds is 59. The smallest absolute Gasteiger partial charge is 0.462 e. The van der Waals surface area contributed by atoms with Crippen molar-refractivity contribution in [3.63, 3.8) is 0 Å². The van der Waals surface area contributed by atoms with Crippen LogP contribution in [-0.2, 0) is 32.7 Å². The molecule has 0 spiro atoms. The Kier molecular flexibility index (Phi) is 58.6. The minimum Gasteiger partial charge on any atom is -0.462 e. The molecule has 2 unspecified atom stereocenters. The van der Waals surface area contributed by atoms with Gasteiger partial charge in [0.2, 0.25) is 0 Å². The zero-order valence-corrected chi connectivity index (χ0v) is 49.7. The topological polar surface area (TPSA) is 134 Å². The monoisotopic (exact) mass is 1070 g/mol. The fourth-order valence-electron chi connectivity index (χ4n) is 8.95. The predicted octanol–water partition coefficient (Wildman–Crippen LogP) is 20.1. The molecule has 0 bridgehead atoms. The van der Waals surface area contributed by atoms with Gasteiger partial charge in [0.05, 0.1) is 13.2 Å². The molecule has 0 amide bonds. The zero-order valence-electron chi connectivity index (χ0n) is 48.8. The Morgan fingerprint density at radius 2 is 0.733 bits per heavy atom. The molecule has 75 heavy (non-hydrogen) atoms. The lowest BCUT2D eigenvalue weighted by Gasteiger charge is -2.19. The second kappa shape index (κ2) is 60.7. The lowest BCUT2D eigenvalue weighted by Crippen LogP contribution is -2.29. The molecule has 0 aromatic rings. The number of allylic oxidation sites excluding steroid dienone is 12. The van der Waals surface area contributed by atoms with Crippen molar-refractivity contribution < 1.29 is 37.6 Å². The minimum atomic E-state index is -4.39. The van der Waals surface area contributed by atoms with Crippen LogP contribution in [0.25, 0.3) is 0 Å². The number of carbonyl (C=O) groups is 2. The molecule has 0 saturated heterocycles. The van der Waals surface area contributed by atoms with Gasteiger partial charge in [-0.05, 0) is 83.5 Å². The van der Waals surface area contributed by atoms with Crippen molar-refractivity contribution in [3.05, 3.63) is 72.9 Å². The SMILES string of the molecule is CC/C=C\C/C=C\C/C=C\C/C=C\C/C=C\CCCCCCCCCCCC(=O)OC(COC(=O)CCCCCCCCCCCCCCCCCCC/C=C\CCCCCCCCCC)COP(=O)(O)OCCN. The fourth-order valence-corrected chi connectivity index (χ4v) is 9.72. The van der Waals surface area contributed by atoms with E-state index < -0.39 is 26.5 Å². The van der Waals surface area contributed by atoms with E-state index in [1.165, 1.54) is 186 Å². The number of phosphoric ester groups is 1. The molecule has 0 saturated carbocycles. The van der Waals surface area contributed by atoms with Gasteiger partial charge in [0.25, 0.3) is 0 Å². The van der Waals surface area contributed by atoms with Gasteiger partial charge in [0.1, 0.15) is 6.61 Å². The van der Waals surface area contributed by atoms with E-state index in [4.69, 9.17) is 24.3 Å². The van der Waals surface area contributed by atoms with Gasteiger partial charge in [-0.15, -0.1) is 0 Å². The quantitative estimate of drug-likeness (QED) is 0.0264. The van der Waals surface area contributed by atoms with Crippen molar-refractivity contribution in [2.24, 2.45) is 5.73 Å². The summed E-state index contributed by atoms with van der Waals surface area (Å²) in [5.74, 6) is -0.826. The van der Waals surface area contributed by atoms with Crippen LogP contribution in [0, 0.1) is 0 Å². The van der Waals surface area contributed by atoms with Crippen molar-refractivity contribution in [3.8, 4) is 0 Å². The predicted molar refractivity (Wildman–Crippen MR) is 321 cm³/mol. The molecular formula is C65H118NO8P. The highest BCUT2D eigenvalue weighted by atomic mass is 31.2. The summed E-state index contributed by atoms with van der Waals surface area (Å²) in [6.45, 7) is 3.66. The number of hydrogen-bond donors (Lipinski definition) is 2. The van der Waals surface area contributed by atoms with E-state index in [9.17, 15) is 19.0 Å². The van der Waals surface area contributed by atoms with Crippen LogP contribution in [0.5, 0.6) is 0 Å². The van der Waals surface area contributed by atoms with Gasteiger partial charge < -0.3 is 20.1 Å². The Labute approximate surface area is 462 Å². The first-order chi connectivity index (χ1) is 36.8. The van der Waals surface area contributed by atoms with E-state index in [0.29, 0.717) is 6.42 Å². The van der Waals surface area contributed by atoms with Gasteiger partial charge in [-0.1, -0.05) is 273 Å². The Bertz CT molecular complexity index is 1460. The second-order valence-corrected chi connectivity index (χ2v) is 22.3. The molecule has 0 heterocycles. The lowest BCUT2D eigenvalue weighted by molar-refractivity contribution is -0.161. The van der Waals surface area contributed by atoms with Gasteiger partial charge in [-0.2, -0.15) is 0 Å². The van der Waals surface area contributed by atoms with E-state index in [-0.39, 0.29) is 38.6 Å². The van der Waals surface area contributed by atoms with E-state index in [2.05, 4.69) is 86.8 Å². The normalized spacial score (nSPS) is 13.5. The average Bonchev–Trinajstić information content (AvgIpc) is 3.40. The highest BCUT2D eigenvalue weighted by Crippen LogP contribution is 2.43. The number of esters is 2. The molecule has 0 aliphatic rings. The molecule has 2 atom stereocenters. The summed E-state index contributed by atoms with van der Waals surface area (Å²) in [6.07, 6.45) is 78.3. The van der Waals surface area contributed by atoms with Crippen molar-refractivity contribution in [2.45, 2.75) is 302 Å².